The molecule has 0 bridgehead atoms. The van der Waals surface area contributed by atoms with Crippen molar-refractivity contribution in [2.24, 2.45) is 0 Å². The molecule has 0 atom stereocenters. The maximum Gasteiger partial charge on any atom is 0.230 e. The minimum absolute atomic E-state index is 0.0556. The first kappa shape index (κ1) is 22.7. The van der Waals surface area contributed by atoms with E-state index in [4.69, 9.17) is 0 Å². The van der Waals surface area contributed by atoms with Gasteiger partial charge in [-0.25, -0.2) is 17.6 Å². The number of halogens is 4. The first-order chi connectivity index (χ1) is 13.8. The van der Waals surface area contributed by atoms with Crippen molar-refractivity contribution in [2.45, 2.75) is 12.8 Å². The zero-order chi connectivity index (χ0) is 21.2. The molecule has 0 aliphatic rings. The third-order valence-corrected chi connectivity index (χ3v) is 4.72. The molecule has 156 valence electrons. The van der Waals surface area contributed by atoms with Gasteiger partial charge in [0.05, 0.1) is 11.5 Å². The smallest absolute Gasteiger partial charge is 0.230 e. The minimum atomic E-state index is -0.671. The van der Waals surface area contributed by atoms with Gasteiger partial charge in [-0.15, -0.1) is 11.8 Å². The number of hydrogen-bond donors (Lipinski definition) is 2. The van der Waals surface area contributed by atoms with E-state index in [1.807, 2.05) is 0 Å². The van der Waals surface area contributed by atoms with Gasteiger partial charge in [0.2, 0.25) is 11.8 Å². The van der Waals surface area contributed by atoms with E-state index in [9.17, 15) is 27.2 Å². The van der Waals surface area contributed by atoms with E-state index in [0.717, 1.165) is 23.9 Å². The third-order valence-electron chi connectivity index (χ3n) is 3.78. The van der Waals surface area contributed by atoms with Gasteiger partial charge in [0.1, 0.15) is 23.3 Å². The Morgan fingerprint density at radius 1 is 0.655 bits per heavy atom. The zero-order valence-electron chi connectivity index (χ0n) is 15.4. The average molecular weight is 428 g/mol. The van der Waals surface area contributed by atoms with Crippen LogP contribution in [0.25, 0.3) is 0 Å². The summed E-state index contributed by atoms with van der Waals surface area (Å²) in [7, 11) is 0. The normalized spacial score (nSPS) is 10.6. The summed E-state index contributed by atoms with van der Waals surface area (Å²) in [6.45, 7) is 0.442. The van der Waals surface area contributed by atoms with Crippen molar-refractivity contribution in [3.8, 4) is 0 Å². The second-order valence-corrected chi connectivity index (χ2v) is 7.23. The van der Waals surface area contributed by atoms with E-state index in [2.05, 4.69) is 10.6 Å². The summed E-state index contributed by atoms with van der Waals surface area (Å²) in [6.07, 6.45) is 0.568. The molecular formula is C20H20F4N2O2S. The lowest BCUT2D eigenvalue weighted by molar-refractivity contribution is -0.118. The van der Waals surface area contributed by atoms with Crippen molar-refractivity contribution >= 4 is 23.6 Å². The van der Waals surface area contributed by atoms with Gasteiger partial charge < -0.3 is 10.6 Å². The number of amides is 2. The first-order valence-corrected chi connectivity index (χ1v) is 9.98. The number of benzene rings is 2. The lowest BCUT2D eigenvalue weighted by Crippen LogP contribution is -2.30. The second-order valence-electron chi connectivity index (χ2n) is 6.25. The molecule has 2 aromatic rings. The number of hydrogen-bond acceptors (Lipinski definition) is 3. The van der Waals surface area contributed by atoms with Crippen LogP contribution in [0.4, 0.5) is 17.6 Å². The van der Waals surface area contributed by atoms with Crippen LogP contribution in [0, 0.1) is 23.3 Å². The fraction of sp³-hybridized carbons (Fsp3) is 0.300. The van der Waals surface area contributed by atoms with Gasteiger partial charge in [-0.2, -0.15) is 0 Å². The topological polar surface area (TPSA) is 58.2 Å². The molecule has 0 fully saturated rings. The fourth-order valence-corrected chi connectivity index (χ4v) is 3.22. The van der Waals surface area contributed by atoms with Crippen molar-refractivity contribution in [3.05, 3.63) is 70.8 Å². The van der Waals surface area contributed by atoms with Crippen LogP contribution < -0.4 is 10.6 Å². The molecule has 0 spiro atoms. The molecule has 2 N–H and O–H groups in total. The van der Waals surface area contributed by atoms with E-state index in [1.54, 1.807) is 0 Å². The predicted octanol–water partition coefficient (Wildman–Crippen LogP) is 2.99. The summed E-state index contributed by atoms with van der Waals surface area (Å²) in [5.74, 6) is -3.17. The van der Waals surface area contributed by atoms with Crippen molar-refractivity contribution < 1.29 is 27.2 Å². The Kier molecular flexibility index (Phi) is 8.98. The average Bonchev–Trinajstić information content (AvgIpc) is 2.60. The van der Waals surface area contributed by atoms with Crippen LogP contribution in [0.3, 0.4) is 0 Å². The predicted molar refractivity (Wildman–Crippen MR) is 103 cm³/mol. The standard InChI is InChI=1S/C20H20F4N2O2S/c21-15-5-13(6-16(22)9-15)1-3-25-19(27)11-29-12-20(28)26-4-2-14-7-17(23)10-18(24)8-14/h5-10H,1-4,11-12H2,(H,25,27)(H,26,28). The first-order valence-electron chi connectivity index (χ1n) is 8.83. The molecule has 0 saturated heterocycles. The molecule has 0 radical (unpaired) electrons. The zero-order valence-corrected chi connectivity index (χ0v) is 16.3. The third kappa shape index (κ3) is 8.99. The van der Waals surface area contributed by atoms with Gasteiger partial charge in [0.25, 0.3) is 0 Å². The van der Waals surface area contributed by atoms with E-state index in [-0.39, 0.29) is 49.3 Å². The van der Waals surface area contributed by atoms with Crippen molar-refractivity contribution in [3.63, 3.8) is 0 Å². The summed E-state index contributed by atoms with van der Waals surface area (Å²) in [4.78, 5) is 23.5. The Morgan fingerprint density at radius 3 is 1.34 bits per heavy atom. The highest BCUT2D eigenvalue weighted by molar-refractivity contribution is 8.00. The number of nitrogens with one attached hydrogen (secondary N) is 2. The van der Waals surface area contributed by atoms with E-state index in [1.165, 1.54) is 24.3 Å². The molecule has 29 heavy (non-hydrogen) atoms. The largest absolute Gasteiger partial charge is 0.355 e. The van der Waals surface area contributed by atoms with Crippen molar-refractivity contribution in [2.75, 3.05) is 24.6 Å². The molecule has 0 saturated carbocycles. The Labute approximate surface area is 170 Å². The molecular weight excluding hydrogens is 408 g/mol. The van der Waals surface area contributed by atoms with Gasteiger partial charge in [0.15, 0.2) is 0 Å². The molecule has 0 unspecified atom stereocenters. The minimum Gasteiger partial charge on any atom is -0.355 e. The highest BCUT2D eigenvalue weighted by Crippen LogP contribution is 2.09. The second kappa shape index (κ2) is 11.5. The monoisotopic (exact) mass is 428 g/mol. The van der Waals surface area contributed by atoms with E-state index < -0.39 is 23.3 Å². The van der Waals surface area contributed by atoms with Crippen LogP contribution in [0.2, 0.25) is 0 Å². The SMILES string of the molecule is O=C(CSCC(=O)NCCc1cc(F)cc(F)c1)NCCc1cc(F)cc(F)c1. The quantitative estimate of drug-likeness (QED) is 0.572. The van der Waals surface area contributed by atoms with Crippen molar-refractivity contribution in [1.82, 2.24) is 10.6 Å². The van der Waals surface area contributed by atoms with Crippen LogP contribution in [0.15, 0.2) is 36.4 Å². The Hall–Kier alpha value is -2.55. The summed E-state index contributed by atoms with van der Waals surface area (Å²) in [5.41, 5.74) is 0.876. The number of thioether (sulfide) groups is 1. The Balaban J connectivity index is 1.57. The number of rotatable bonds is 10. The van der Waals surface area contributed by atoms with Gasteiger partial charge in [-0.1, -0.05) is 0 Å². The summed E-state index contributed by atoms with van der Waals surface area (Å²) in [6, 6.07) is 6.36. The number of carbonyl (C=O) groups excluding carboxylic acids is 2. The Morgan fingerprint density at radius 2 is 1.00 bits per heavy atom. The summed E-state index contributed by atoms with van der Waals surface area (Å²) < 4.78 is 52.3. The van der Waals surface area contributed by atoms with E-state index >= 15 is 0 Å². The van der Waals surface area contributed by atoms with Gasteiger partial charge in [0, 0.05) is 25.2 Å². The van der Waals surface area contributed by atoms with Crippen LogP contribution in [-0.2, 0) is 22.4 Å². The van der Waals surface area contributed by atoms with Crippen LogP contribution in [-0.4, -0.2) is 36.4 Å². The van der Waals surface area contributed by atoms with E-state index in [0.29, 0.717) is 11.1 Å². The van der Waals surface area contributed by atoms with Crippen LogP contribution >= 0.6 is 11.8 Å². The summed E-state index contributed by atoms with van der Waals surface area (Å²) in [5, 5.41) is 5.22. The molecule has 2 amide bonds. The number of carbonyl (C=O) groups is 2. The lowest BCUT2D eigenvalue weighted by atomic mass is 10.1. The molecule has 4 nitrogen and oxygen atoms in total. The van der Waals surface area contributed by atoms with Crippen LogP contribution in [0.5, 0.6) is 0 Å². The van der Waals surface area contributed by atoms with Gasteiger partial charge in [-0.05, 0) is 48.2 Å². The Bertz CT molecular complexity index is 754. The molecule has 2 aromatic carbocycles. The van der Waals surface area contributed by atoms with Crippen LogP contribution in [0.1, 0.15) is 11.1 Å². The molecule has 2 rings (SSSR count). The molecule has 9 heteroatoms. The van der Waals surface area contributed by atoms with Gasteiger partial charge in [-0.3, -0.25) is 9.59 Å². The lowest BCUT2D eigenvalue weighted by Gasteiger charge is -2.07. The molecule has 0 aliphatic carbocycles. The highest BCUT2D eigenvalue weighted by atomic mass is 32.2. The van der Waals surface area contributed by atoms with Gasteiger partial charge >= 0.3 is 0 Å². The summed E-state index contributed by atoms with van der Waals surface area (Å²) >= 11 is 1.11. The molecule has 0 aliphatic heterocycles. The van der Waals surface area contributed by atoms with Crippen molar-refractivity contribution in [1.29, 1.82) is 0 Å². The maximum atomic E-state index is 13.1. The highest BCUT2D eigenvalue weighted by Gasteiger charge is 2.07. The maximum absolute atomic E-state index is 13.1. The molecule has 0 aromatic heterocycles. The fourth-order valence-electron chi connectivity index (χ4n) is 2.54. The molecule has 0 heterocycles.